The first-order chi connectivity index (χ1) is 6.16. The summed E-state index contributed by atoms with van der Waals surface area (Å²) < 4.78 is 18.5. The fraction of sp³-hybridized carbons (Fsp3) is 0.222. The van der Waals surface area contributed by atoms with Crippen LogP contribution in [0.25, 0.3) is 0 Å². The van der Waals surface area contributed by atoms with Gasteiger partial charge in [0, 0.05) is 10.9 Å². The van der Waals surface area contributed by atoms with Gasteiger partial charge in [0.1, 0.15) is 5.75 Å². The van der Waals surface area contributed by atoms with E-state index in [0.717, 1.165) is 10.0 Å². The van der Waals surface area contributed by atoms with Crippen LogP contribution >= 0.6 is 15.9 Å². The van der Waals surface area contributed by atoms with Gasteiger partial charge in [0.05, 0.1) is 0 Å². The molecule has 0 fully saturated rings. The summed E-state index contributed by atoms with van der Waals surface area (Å²) in [5.41, 5.74) is 0.724. The zero-order valence-electron chi connectivity index (χ0n) is 6.59. The number of halogens is 2. The highest BCUT2D eigenvalue weighted by atomic mass is 79.9. The Bertz CT molecular complexity index is 365. The zero-order chi connectivity index (χ0) is 9.42. The number of fused-ring (bicyclic) bond motifs is 1. The molecule has 2 nitrogen and oxygen atoms in total. The van der Waals surface area contributed by atoms with Crippen molar-refractivity contribution < 1.29 is 13.9 Å². The van der Waals surface area contributed by atoms with Gasteiger partial charge in [-0.05, 0) is 23.8 Å². The Morgan fingerprint density at radius 3 is 3.08 bits per heavy atom. The van der Waals surface area contributed by atoms with Gasteiger partial charge in [-0.1, -0.05) is 15.9 Å². The Kier molecular flexibility index (Phi) is 2.07. The maximum Gasteiger partial charge on any atom is 0.346 e. The lowest BCUT2D eigenvalue weighted by atomic mass is 10.1. The van der Waals surface area contributed by atoms with Crippen LogP contribution in [0.1, 0.15) is 5.56 Å². The van der Waals surface area contributed by atoms with E-state index in [2.05, 4.69) is 15.9 Å². The van der Waals surface area contributed by atoms with Crippen molar-refractivity contribution in [2.45, 2.75) is 12.6 Å². The second kappa shape index (κ2) is 3.10. The highest BCUT2D eigenvalue weighted by molar-refractivity contribution is 9.10. The van der Waals surface area contributed by atoms with E-state index in [1.807, 2.05) is 0 Å². The molecule has 0 saturated carbocycles. The fourth-order valence-corrected chi connectivity index (χ4v) is 1.66. The average molecular weight is 245 g/mol. The standard InChI is InChI=1S/C9H6BrFO2/c10-6-1-2-8-5(3-6)4-7(11)9(12)13-8/h1-3,7H,4H2. The number of carbonyl (C=O) groups excluding carboxylic acids is 1. The monoisotopic (exact) mass is 244 g/mol. The Balaban J connectivity index is 2.42. The minimum atomic E-state index is -1.53. The SMILES string of the molecule is O=C1Oc2ccc(Br)cc2CC1F. The van der Waals surface area contributed by atoms with E-state index < -0.39 is 12.1 Å². The van der Waals surface area contributed by atoms with Gasteiger partial charge >= 0.3 is 5.97 Å². The molecule has 1 heterocycles. The normalized spacial score (nSPS) is 20.8. The molecule has 68 valence electrons. The fourth-order valence-electron chi connectivity index (χ4n) is 1.26. The summed E-state index contributed by atoms with van der Waals surface area (Å²) in [5.74, 6) is -0.336. The second-order valence-electron chi connectivity index (χ2n) is 2.84. The molecule has 1 aliphatic heterocycles. The minimum Gasteiger partial charge on any atom is -0.424 e. The molecule has 1 unspecified atom stereocenters. The van der Waals surface area contributed by atoms with Crippen molar-refractivity contribution in [3.05, 3.63) is 28.2 Å². The molecule has 13 heavy (non-hydrogen) atoms. The molecule has 4 heteroatoms. The molecule has 1 atom stereocenters. The molecule has 1 aliphatic rings. The van der Waals surface area contributed by atoms with Crippen LogP contribution in [0.15, 0.2) is 22.7 Å². The van der Waals surface area contributed by atoms with Gasteiger partial charge in [0.2, 0.25) is 6.17 Å². The minimum absolute atomic E-state index is 0.105. The van der Waals surface area contributed by atoms with Crippen molar-refractivity contribution in [1.82, 2.24) is 0 Å². The summed E-state index contributed by atoms with van der Waals surface area (Å²) in [5, 5.41) is 0. The Morgan fingerprint density at radius 1 is 1.54 bits per heavy atom. The molecule has 0 aromatic heterocycles. The Morgan fingerprint density at radius 2 is 2.31 bits per heavy atom. The largest absolute Gasteiger partial charge is 0.424 e. The lowest BCUT2D eigenvalue weighted by molar-refractivity contribution is -0.141. The molecule has 0 spiro atoms. The molecule has 0 saturated heterocycles. The van der Waals surface area contributed by atoms with Crippen LogP contribution in [0.4, 0.5) is 4.39 Å². The number of ether oxygens (including phenoxy) is 1. The van der Waals surface area contributed by atoms with E-state index in [0.29, 0.717) is 5.75 Å². The van der Waals surface area contributed by atoms with E-state index in [1.165, 1.54) is 0 Å². The van der Waals surface area contributed by atoms with Gasteiger partial charge in [0.15, 0.2) is 0 Å². The van der Waals surface area contributed by atoms with E-state index in [4.69, 9.17) is 4.74 Å². The van der Waals surface area contributed by atoms with Crippen molar-refractivity contribution in [2.24, 2.45) is 0 Å². The maximum absolute atomic E-state index is 12.9. The molecule has 0 amide bonds. The summed E-state index contributed by atoms with van der Waals surface area (Å²) in [6.45, 7) is 0. The quantitative estimate of drug-likeness (QED) is 0.517. The first kappa shape index (κ1) is 8.69. The zero-order valence-corrected chi connectivity index (χ0v) is 8.17. The number of benzene rings is 1. The van der Waals surface area contributed by atoms with Crippen LogP contribution in [0.2, 0.25) is 0 Å². The third kappa shape index (κ3) is 1.58. The van der Waals surface area contributed by atoms with Gasteiger partial charge in [-0.15, -0.1) is 0 Å². The number of alkyl halides is 1. The highest BCUT2D eigenvalue weighted by Gasteiger charge is 2.27. The van der Waals surface area contributed by atoms with Crippen LogP contribution in [0.5, 0.6) is 5.75 Å². The van der Waals surface area contributed by atoms with Crippen LogP contribution < -0.4 is 4.74 Å². The second-order valence-corrected chi connectivity index (χ2v) is 3.76. The summed E-state index contributed by atoms with van der Waals surface area (Å²) in [6.07, 6.45) is -1.42. The van der Waals surface area contributed by atoms with Crippen LogP contribution in [-0.2, 0) is 11.2 Å². The van der Waals surface area contributed by atoms with E-state index in [9.17, 15) is 9.18 Å². The van der Waals surface area contributed by atoms with Crippen molar-refractivity contribution in [3.63, 3.8) is 0 Å². The smallest absolute Gasteiger partial charge is 0.346 e. The Hall–Kier alpha value is -0.900. The van der Waals surface area contributed by atoms with Gasteiger partial charge in [-0.3, -0.25) is 0 Å². The number of rotatable bonds is 0. The van der Waals surface area contributed by atoms with Gasteiger partial charge < -0.3 is 4.74 Å². The summed E-state index contributed by atoms with van der Waals surface area (Å²) in [6, 6.07) is 5.17. The molecule has 0 radical (unpaired) electrons. The van der Waals surface area contributed by atoms with Crippen molar-refractivity contribution >= 4 is 21.9 Å². The van der Waals surface area contributed by atoms with E-state index in [-0.39, 0.29) is 6.42 Å². The third-order valence-corrected chi connectivity index (χ3v) is 2.38. The molecule has 2 rings (SSSR count). The predicted octanol–water partition coefficient (Wildman–Crippen LogP) is 2.25. The highest BCUT2D eigenvalue weighted by Crippen LogP contribution is 2.29. The molecule has 0 bridgehead atoms. The van der Waals surface area contributed by atoms with Gasteiger partial charge in [-0.25, -0.2) is 9.18 Å². The van der Waals surface area contributed by atoms with Crippen molar-refractivity contribution in [3.8, 4) is 5.75 Å². The third-order valence-electron chi connectivity index (χ3n) is 1.89. The van der Waals surface area contributed by atoms with Crippen LogP contribution in [0.3, 0.4) is 0 Å². The first-order valence-corrected chi connectivity index (χ1v) is 4.60. The number of esters is 1. The molecular formula is C9H6BrFO2. The number of carbonyl (C=O) groups is 1. The molecule has 0 aliphatic carbocycles. The van der Waals surface area contributed by atoms with Crippen molar-refractivity contribution in [2.75, 3.05) is 0 Å². The van der Waals surface area contributed by atoms with Crippen LogP contribution in [0, 0.1) is 0 Å². The topological polar surface area (TPSA) is 26.3 Å². The van der Waals surface area contributed by atoms with Crippen LogP contribution in [-0.4, -0.2) is 12.1 Å². The van der Waals surface area contributed by atoms with Gasteiger partial charge in [0.25, 0.3) is 0 Å². The number of hydrogen-bond donors (Lipinski definition) is 0. The maximum atomic E-state index is 12.9. The number of hydrogen-bond acceptors (Lipinski definition) is 2. The van der Waals surface area contributed by atoms with E-state index >= 15 is 0 Å². The summed E-state index contributed by atoms with van der Waals surface area (Å²) >= 11 is 3.26. The Labute approximate surface area is 82.8 Å². The summed E-state index contributed by atoms with van der Waals surface area (Å²) in [4.78, 5) is 10.8. The summed E-state index contributed by atoms with van der Waals surface area (Å²) in [7, 11) is 0. The first-order valence-electron chi connectivity index (χ1n) is 3.81. The van der Waals surface area contributed by atoms with Crippen molar-refractivity contribution in [1.29, 1.82) is 0 Å². The van der Waals surface area contributed by atoms with Gasteiger partial charge in [-0.2, -0.15) is 0 Å². The molecular weight excluding hydrogens is 239 g/mol. The lowest BCUT2D eigenvalue weighted by Crippen LogP contribution is -2.28. The predicted molar refractivity (Wildman–Crippen MR) is 48.4 cm³/mol. The molecule has 1 aromatic rings. The lowest BCUT2D eigenvalue weighted by Gasteiger charge is -2.18. The molecule has 0 N–H and O–H groups in total. The average Bonchev–Trinajstić information content (AvgIpc) is 2.08. The van der Waals surface area contributed by atoms with E-state index in [1.54, 1.807) is 18.2 Å². The molecule has 1 aromatic carbocycles.